The van der Waals surface area contributed by atoms with Gasteiger partial charge in [0.2, 0.25) is 6.79 Å². The van der Waals surface area contributed by atoms with Gasteiger partial charge in [0.25, 0.3) is 5.91 Å². The average molecular weight is 398 g/mol. The molecule has 0 aromatic heterocycles. The summed E-state index contributed by atoms with van der Waals surface area (Å²) in [5, 5.41) is 2.57. The van der Waals surface area contributed by atoms with Crippen LogP contribution in [0.1, 0.15) is 41.0 Å². The van der Waals surface area contributed by atoms with E-state index in [9.17, 15) is 13.8 Å². The Bertz CT molecular complexity index is 731. The number of ether oxygens (including phenoxy) is 3. The lowest BCUT2D eigenvalue weighted by Gasteiger charge is -2.26. The normalized spacial score (nSPS) is 16.2. The topological polar surface area (TPSA) is 103 Å². The van der Waals surface area contributed by atoms with Gasteiger partial charge in [-0.25, -0.2) is 9.00 Å². The molecule has 1 aromatic carbocycles. The molecule has 2 rings (SSSR count). The SMILES string of the molecule is CC[C@H](C)[C@H](NC(=O)OC(C)(C)C)C(=O)NS(=O)c1ccc2c(c1)OCO2. The van der Waals surface area contributed by atoms with Gasteiger partial charge in [0.1, 0.15) is 11.6 Å². The molecule has 0 radical (unpaired) electrons. The third-order valence-electron chi connectivity index (χ3n) is 3.92. The number of benzene rings is 1. The first-order valence-electron chi connectivity index (χ1n) is 8.72. The second kappa shape index (κ2) is 8.60. The van der Waals surface area contributed by atoms with Gasteiger partial charge in [-0.1, -0.05) is 20.3 Å². The van der Waals surface area contributed by atoms with Crippen LogP contribution in [0.3, 0.4) is 0 Å². The van der Waals surface area contributed by atoms with Crippen LogP contribution in [-0.4, -0.2) is 34.6 Å². The summed E-state index contributed by atoms with van der Waals surface area (Å²) in [4.78, 5) is 25.1. The zero-order valence-electron chi connectivity index (χ0n) is 16.2. The quantitative estimate of drug-likeness (QED) is 0.763. The molecule has 1 unspecified atom stereocenters. The second-order valence-electron chi connectivity index (χ2n) is 7.26. The van der Waals surface area contributed by atoms with Crippen molar-refractivity contribution in [3.05, 3.63) is 18.2 Å². The lowest BCUT2D eigenvalue weighted by atomic mass is 9.99. The summed E-state index contributed by atoms with van der Waals surface area (Å²) in [6.45, 7) is 9.04. The molecule has 1 heterocycles. The van der Waals surface area contributed by atoms with Gasteiger partial charge in [0.15, 0.2) is 22.5 Å². The van der Waals surface area contributed by atoms with Gasteiger partial charge in [-0.3, -0.25) is 9.52 Å². The van der Waals surface area contributed by atoms with E-state index in [2.05, 4.69) is 10.0 Å². The number of fused-ring (bicyclic) bond motifs is 1. The average Bonchev–Trinajstić information content (AvgIpc) is 3.04. The van der Waals surface area contributed by atoms with Crippen LogP contribution in [0.2, 0.25) is 0 Å². The highest BCUT2D eigenvalue weighted by molar-refractivity contribution is 7.83. The third-order valence-corrected chi connectivity index (χ3v) is 4.99. The van der Waals surface area contributed by atoms with Crippen LogP contribution in [0.4, 0.5) is 4.79 Å². The molecule has 150 valence electrons. The fraction of sp³-hybridized carbons (Fsp3) is 0.556. The van der Waals surface area contributed by atoms with E-state index >= 15 is 0 Å². The standard InChI is InChI=1S/C18H26N2O6S/c1-6-11(2)15(19-17(22)26-18(3,4)5)16(21)20-27(23)12-7-8-13-14(9-12)25-10-24-13/h7-9,11,15H,6,10H2,1-5H3,(H,19,22)(H,20,21)/t11-,15-,27?/m0/s1. The van der Waals surface area contributed by atoms with Gasteiger partial charge in [0.05, 0.1) is 4.90 Å². The van der Waals surface area contributed by atoms with Gasteiger partial charge < -0.3 is 19.5 Å². The zero-order chi connectivity index (χ0) is 20.2. The maximum atomic E-state index is 12.6. The summed E-state index contributed by atoms with van der Waals surface area (Å²) in [7, 11) is -1.81. The Morgan fingerprint density at radius 2 is 1.93 bits per heavy atom. The van der Waals surface area contributed by atoms with E-state index in [1.54, 1.807) is 39.0 Å². The van der Waals surface area contributed by atoms with E-state index < -0.39 is 34.6 Å². The minimum Gasteiger partial charge on any atom is -0.454 e. The molecule has 0 saturated carbocycles. The molecule has 0 aliphatic carbocycles. The summed E-state index contributed by atoms with van der Waals surface area (Å²) >= 11 is 0. The van der Waals surface area contributed by atoms with Crippen LogP contribution in [0.5, 0.6) is 11.5 Å². The molecule has 8 nitrogen and oxygen atoms in total. The highest BCUT2D eigenvalue weighted by Crippen LogP contribution is 2.33. The molecule has 0 spiro atoms. The molecular weight excluding hydrogens is 372 g/mol. The molecule has 0 fully saturated rings. The van der Waals surface area contributed by atoms with Crippen LogP contribution >= 0.6 is 0 Å². The lowest BCUT2D eigenvalue weighted by Crippen LogP contribution is -2.51. The van der Waals surface area contributed by atoms with Crippen molar-refractivity contribution in [2.45, 2.75) is 57.6 Å². The van der Waals surface area contributed by atoms with E-state index in [-0.39, 0.29) is 12.7 Å². The maximum absolute atomic E-state index is 12.6. The van der Waals surface area contributed by atoms with Crippen molar-refractivity contribution in [1.82, 2.24) is 10.0 Å². The zero-order valence-corrected chi connectivity index (χ0v) is 17.0. The highest BCUT2D eigenvalue weighted by Gasteiger charge is 2.29. The number of rotatable bonds is 6. The number of amides is 2. The lowest BCUT2D eigenvalue weighted by molar-refractivity contribution is -0.122. The Labute approximate surface area is 161 Å². The maximum Gasteiger partial charge on any atom is 0.408 e. The number of hydrogen-bond acceptors (Lipinski definition) is 6. The van der Waals surface area contributed by atoms with Gasteiger partial charge in [-0.2, -0.15) is 0 Å². The summed E-state index contributed by atoms with van der Waals surface area (Å²) in [6.07, 6.45) is -0.0540. The van der Waals surface area contributed by atoms with Crippen molar-refractivity contribution in [1.29, 1.82) is 0 Å². The van der Waals surface area contributed by atoms with Gasteiger partial charge >= 0.3 is 6.09 Å². The number of hydrogen-bond donors (Lipinski definition) is 2. The van der Waals surface area contributed by atoms with Gasteiger partial charge in [0, 0.05) is 6.07 Å². The van der Waals surface area contributed by atoms with E-state index in [0.717, 1.165) is 0 Å². The predicted octanol–water partition coefficient (Wildman–Crippen LogP) is 2.49. The molecule has 2 amide bonds. The molecule has 9 heteroatoms. The summed E-state index contributed by atoms with van der Waals surface area (Å²) in [5.41, 5.74) is -0.685. The van der Waals surface area contributed by atoms with Crippen molar-refractivity contribution in [2.24, 2.45) is 5.92 Å². The van der Waals surface area contributed by atoms with Crippen molar-refractivity contribution >= 4 is 23.0 Å². The van der Waals surface area contributed by atoms with Crippen LogP contribution in [0.25, 0.3) is 0 Å². The molecule has 1 aromatic rings. The first-order valence-corrected chi connectivity index (χ1v) is 9.87. The molecule has 0 bridgehead atoms. The Kier molecular flexibility index (Phi) is 6.69. The molecule has 27 heavy (non-hydrogen) atoms. The largest absolute Gasteiger partial charge is 0.454 e. The minimum absolute atomic E-state index is 0.105. The number of alkyl carbamates (subject to hydrolysis) is 1. The van der Waals surface area contributed by atoms with Crippen molar-refractivity contribution in [3.63, 3.8) is 0 Å². The number of carbonyl (C=O) groups is 2. The summed E-state index contributed by atoms with van der Waals surface area (Å²) in [6, 6.07) is 3.90. The first-order chi connectivity index (χ1) is 12.6. The molecule has 3 atom stereocenters. The smallest absolute Gasteiger partial charge is 0.408 e. The molecule has 0 saturated heterocycles. The van der Waals surface area contributed by atoms with E-state index in [4.69, 9.17) is 14.2 Å². The third kappa shape index (κ3) is 5.85. The molecular formula is C18H26N2O6S. The fourth-order valence-corrected chi connectivity index (χ4v) is 3.18. The Hall–Kier alpha value is -2.29. The Morgan fingerprint density at radius 1 is 1.26 bits per heavy atom. The molecule has 1 aliphatic heterocycles. The van der Waals surface area contributed by atoms with Crippen LogP contribution in [-0.2, 0) is 20.5 Å². The van der Waals surface area contributed by atoms with Crippen molar-refractivity contribution in [2.75, 3.05) is 6.79 Å². The van der Waals surface area contributed by atoms with Gasteiger partial charge in [-0.05, 0) is 38.8 Å². The van der Waals surface area contributed by atoms with E-state index in [1.165, 1.54) is 0 Å². The van der Waals surface area contributed by atoms with Crippen molar-refractivity contribution in [3.8, 4) is 11.5 Å². The van der Waals surface area contributed by atoms with E-state index in [0.29, 0.717) is 22.8 Å². The summed E-state index contributed by atoms with van der Waals surface area (Å²) in [5.74, 6) is 0.309. The Balaban J connectivity index is 2.06. The fourth-order valence-electron chi connectivity index (χ4n) is 2.34. The number of carbonyl (C=O) groups excluding carboxylic acids is 2. The van der Waals surface area contributed by atoms with E-state index in [1.807, 2.05) is 13.8 Å². The molecule has 2 N–H and O–H groups in total. The highest BCUT2D eigenvalue weighted by atomic mass is 32.2. The van der Waals surface area contributed by atoms with Crippen LogP contribution in [0, 0.1) is 5.92 Å². The number of nitrogens with one attached hydrogen (secondary N) is 2. The predicted molar refractivity (Wildman–Crippen MR) is 99.7 cm³/mol. The first kappa shape index (κ1) is 21.0. The Morgan fingerprint density at radius 3 is 2.56 bits per heavy atom. The van der Waals surface area contributed by atoms with Crippen molar-refractivity contribution < 1.29 is 28.0 Å². The molecule has 1 aliphatic rings. The second-order valence-corrected chi connectivity index (χ2v) is 8.47. The minimum atomic E-state index is -1.81. The van der Waals surface area contributed by atoms with Gasteiger partial charge in [-0.15, -0.1) is 0 Å². The summed E-state index contributed by atoms with van der Waals surface area (Å²) < 4.78 is 30.6. The van der Waals surface area contributed by atoms with Crippen LogP contribution in [0.15, 0.2) is 23.1 Å². The monoisotopic (exact) mass is 398 g/mol. The van der Waals surface area contributed by atoms with Crippen LogP contribution < -0.4 is 19.5 Å².